The highest BCUT2D eigenvalue weighted by Crippen LogP contribution is 2.58. The van der Waals surface area contributed by atoms with E-state index in [4.69, 9.17) is 0 Å². The number of aryl methyl sites for hydroxylation is 2. The van der Waals surface area contributed by atoms with Crippen molar-refractivity contribution in [1.82, 2.24) is 4.57 Å². The van der Waals surface area contributed by atoms with E-state index in [1.165, 1.54) is 72.0 Å². The molecule has 0 spiro atoms. The summed E-state index contributed by atoms with van der Waals surface area (Å²) in [5, 5.41) is 2.55. The summed E-state index contributed by atoms with van der Waals surface area (Å²) in [7, 11) is 0. The summed E-state index contributed by atoms with van der Waals surface area (Å²) in [4.78, 5) is 2.37. The second-order valence-corrected chi connectivity index (χ2v) is 14.3. The number of nitrogens with zero attached hydrogens (tertiary/aromatic N) is 2. The summed E-state index contributed by atoms with van der Waals surface area (Å²) in [5.74, 6) is 0. The fourth-order valence-corrected chi connectivity index (χ4v) is 8.86. The quantitative estimate of drug-likeness (QED) is 0.170. The van der Waals surface area contributed by atoms with E-state index in [1.54, 1.807) is 0 Å². The molecule has 1 aromatic heterocycles. The molecule has 0 amide bonds. The Morgan fingerprint density at radius 3 is 1.36 bits per heavy atom. The van der Waals surface area contributed by atoms with Crippen LogP contribution < -0.4 is 4.90 Å². The molecule has 0 atom stereocenters. The van der Waals surface area contributed by atoms with Crippen molar-refractivity contribution in [1.29, 1.82) is 0 Å². The molecule has 0 saturated heterocycles. The lowest BCUT2D eigenvalue weighted by atomic mass is 9.67. The van der Waals surface area contributed by atoms with Crippen LogP contribution >= 0.6 is 0 Å². The maximum atomic E-state index is 2.48. The number of hydrogen-bond acceptors (Lipinski definition) is 1. The molecule has 2 heteroatoms. The van der Waals surface area contributed by atoms with E-state index in [0.717, 1.165) is 17.1 Å². The van der Waals surface area contributed by atoms with Gasteiger partial charge in [0.1, 0.15) is 0 Å². The van der Waals surface area contributed by atoms with Gasteiger partial charge in [-0.1, -0.05) is 133 Å². The Hall–Kier alpha value is -6.64. The molecule has 0 bridgehead atoms. The maximum Gasteiger partial charge on any atom is 0.0715 e. The molecule has 0 fully saturated rings. The van der Waals surface area contributed by atoms with Gasteiger partial charge in [-0.05, 0) is 119 Å². The van der Waals surface area contributed by atoms with Gasteiger partial charge in [-0.3, -0.25) is 0 Å². The fraction of sp³-hybridized carbons (Fsp3) is 0.0588. The Balaban J connectivity index is 1.29. The van der Waals surface area contributed by atoms with Gasteiger partial charge in [-0.15, -0.1) is 0 Å². The second-order valence-electron chi connectivity index (χ2n) is 14.3. The van der Waals surface area contributed by atoms with Crippen LogP contribution in [0.5, 0.6) is 0 Å². The van der Waals surface area contributed by atoms with Crippen molar-refractivity contribution >= 4 is 38.9 Å². The highest BCUT2D eigenvalue weighted by Gasteiger charge is 2.46. The molecule has 1 aliphatic carbocycles. The zero-order chi connectivity index (χ0) is 35.5. The number of rotatable bonds is 6. The van der Waals surface area contributed by atoms with Crippen LogP contribution in [0.4, 0.5) is 17.1 Å². The van der Waals surface area contributed by atoms with Gasteiger partial charge in [-0.25, -0.2) is 0 Å². The van der Waals surface area contributed by atoms with E-state index in [-0.39, 0.29) is 0 Å². The summed E-state index contributed by atoms with van der Waals surface area (Å²) in [6.07, 6.45) is 0. The van der Waals surface area contributed by atoms with Gasteiger partial charge in [0.05, 0.1) is 16.4 Å². The summed E-state index contributed by atoms with van der Waals surface area (Å²) in [6.45, 7) is 4.38. The molecule has 8 aromatic carbocycles. The molecule has 1 aliphatic rings. The third kappa shape index (κ3) is 4.80. The molecule has 0 radical (unpaired) electrons. The van der Waals surface area contributed by atoms with Crippen molar-refractivity contribution in [2.75, 3.05) is 4.90 Å². The van der Waals surface area contributed by atoms with Crippen molar-refractivity contribution in [2.45, 2.75) is 19.3 Å². The number of benzene rings is 8. The fourth-order valence-electron chi connectivity index (χ4n) is 8.86. The van der Waals surface area contributed by atoms with Crippen molar-refractivity contribution < 1.29 is 0 Å². The highest BCUT2D eigenvalue weighted by atomic mass is 15.1. The molecular formula is C51H38N2. The first-order valence-electron chi connectivity index (χ1n) is 18.4. The van der Waals surface area contributed by atoms with E-state index < -0.39 is 5.41 Å². The van der Waals surface area contributed by atoms with Crippen LogP contribution in [0.15, 0.2) is 194 Å². The first-order chi connectivity index (χ1) is 26.1. The molecule has 0 aliphatic heterocycles. The zero-order valence-corrected chi connectivity index (χ0v) is 29.9. The number of hydrogen-bond donors (Lipinski definition) is 0. The van der Waals surface area contributed by atoms with E-state index in [1.807, 2.05) is 0 Å². The van der Waals surface area contributed by atoms with Crippen LogP contribution in [-0.4, -0.2) is 4.57 Å². The molecule has 53 heavy (non-hydrogen) atoms. The maximum absolute atomic E-state index is 2.48. The van der Waals surface area contributed by atoms with Crippen LogP contribution in [0.25, 0.3) is 38.6 Å². The van der Waals surface area contributed by atoms with Crippen molar-refractivity contribution in [3.63, 3.8) is 0 Å². The lowest BCUT2D eigenvalue weighted by Gasteiger charge is -2.35. The normalized spacial score (nSPS) is 12.9. The number of para-hydroxylation sites is 2. The third-order valence-corrected chi connectivity index (χ3v) is 11.1. The van der Waals surface area contributed by atoms with Gasteiger partial charge >= 0.3 is 0 Å². The largest absolute Gasteiger partial charge is 0.310 e. The minimum absolute atomic E-state index is 0.567. The van der Waals surface area contributed by atoms with Gasteiger partial charge in [0.2, 0.25) is 0 Å². The monoisotopic (exact) mass is 678 g/mol. The van der Waals surface area contributed by atoms with Gasteiger partial charge in [0.25, 0.3) is 0 Å². The minimum Gasteiger partial charge on any atom is -0.310 e. The number of anilines is 3. The molecule has 1 heterocycles. The molecule has 0 saturated carbocycles. The van der Waals surface area contributed by atoms with E-state index in [0.29, 0.717) is 0 Å². The van der Waals surface area contributed by atoms with Crippen molar-refractivity contribution in [2.24, 2.45) is 0 Å². The van der Waals surface area contributed by atoms with Gasteiger partial charge < -0.3 is 9.47 Å². The Morgan fingerprint density at radius 2 is 0.849 bits per heavy atom. The summed E-state index contributed by atoms with van der Waals surface area (Å²) in [6, 6.07) is 71.6. The van der Waals surface area contributed by atoms with E-state index in [2.05, 4.69) is 217 Å². The molecule has 0 unspecified atom stereocenters. The first-order valence-corrected chi connectivity index (χ1v) is 18.4. The smallest absolute Gasteiger partial charge is 0.0715 e. The molecule has 9 aromatic rings. The standard InChI is InChI=1S/C51H38N2/c1-35-23-27-45-46-28-24-36(2)32-50(46)53(49(45)31-35)42-26-30-44-43-29-25-41(52(39-19-11-5-12-20-39)40-21-13-6-14-22-40)33-47(43)51(48(44)34-42,37-15-7-3-8-16-37)38-17-9-4-10-18-38/h3-34H,1-2H3. The summed E-state index contributed by atoms with van der Waals surface area (Å²) < 4.78 is 2.48. The SMILES string of the molecule is Cc1ccc2c3ccc(C)cc3n(-c3ccc4c(c3)C(c3ccccc3)(c3ccccc3)c3cc(N(c5ccccc5)c5ccccc5)ccc3-4)c2c1. The van der Waals surface area contributed by atoms with Crippen molar-refractivity contribution in [3.05, 3.63) is 228 Å². The lowest BCUT2D eigenvalue weighted by molar-refractivity contribution is 0.767. The average molecular weight is 679 g/mol. The Morgan fingerprint density at radius 1 is 0.396 bits per heavy atom. The van der Waals surface area contributed by atoms with Crippen LogP contribution in [0.2, 0.25) is 0 Å². The van der Waals surface area contributed by atoms with Gasteiger partial charge in [-0.2, -0.15) is 0 Å². The first kappa shape index (κ1) is 31.1. The average Bonchev–Trinajstić information content (AvgIpc) is 3.68. The van der Waals surface area contributed by atoms with E-state index >= 15 is 0 Å². The van der Waals surface area contributed by atoms with Gasteiger partial charge in [0, 0.05) is 33.5 Å². The summed E-state index contributed by atoms with van der Waals surface area (Å²) >= 11 is 0. The van der Waals surface area contributed by atoms with Crippen molar-refractivity contribution in [3.8, 4) is 16.8 Å². The van der Waals surface area contributed by atoms with E-state index in [9.17, 15) is 0 Å². The minimum atomic E-state index is -0.567. The van der Waals surface area contributed by atoms with Crippen LogP contribution in [0.1, 0.15) is 33.4 Å². The van der Waals surface area contributed by atoms with Crippen LogP contribution in [0.3, 0.4) is 0 Å². The molecule has 0 N–H and O–H groups in total. The molecule has 10 rings (SSSR count). The predicted molar refractivity (Wildman–Crippen MR) is 222 cm³/mol. The molecule has 252 valence electrons. The summed E-state index contributed by atoms with van der Waals surface area (Å²) in [5.41, 5.74) is 16.5. The predicted octanol–water partition coefficient (Wildman–Crippen LogP) is 13.2. The molecular weight excluding hydrogens is 641 g/mol. The topological polar surface area (TPSA) is 8.17 Å². The van der Waals surface area contributed by atoms with Crippen LogP contribution in [0, 0.1) is 13.8 Å². The third-order valence-electron chi connectivity index (χ3n) is 11.1. The Bertz CT molecular complexity index is 2640. The Kier molecular flexibility index (Phi) is 7.19. The second kappa shape index (κ2) is 12.3. The van der Waals surface area contributed by atoms with Gasteiger partial charge in [0.15, 0.2) is 0 Å². The number of fused-ring (bicyclic) bond motifs is 6. The Labute approximate surface area is 310 Å². The van der Waals surface area contributed by atoms with Crippen LogP contribution in [-0.2, 0) is 5.41 Å². The molecule has 2 nitrogen and oxygen atoms in total. The number of aromatic nitrogens is 1. The highest BCUT2D eigenvalue weighted by molar-refractivity contribution is 6.09. The zero-order valence-electron chi connectivity index (χ0n) is 29.9. The lowest BCUT2D eigenvalue weighted by Crippen LogP contribution is -2.29.